The molecule has 2 bridgehead atoms. The minimum absolute atomic E-state index is 0.429. The van der Waals surface area contributed by atoms with Crippen LogP contribution < -0.4 is 15.7 Å². The molecule has 106 valence electrons. The quantitative estimate of drug-likeness (QED) is 0.785. The molecule has 0 unspecified atom stereocenters. The van der Waals surface area contributed by atoms with Gasteiger partial charge in [-0.25, -0.2) is 4.57 Å². The Morgan fingerprint density at radius 2 is 2.24 bits per heavy atom. The van der Waals surface area contributed by atoms with Crippen LogP contribution in [-0.4, -0.2) is 11.6 Å². The van der Waals surface area contributed by atoms with E-state index < -0.39 is 5.91 Å². The fourth-order valence-corrected chi connectivity index (χ4v) is 2.40. The Labute approximate surface area is 123 Å². The topological polar surface area (TPSA) is 71.4 Å². The molecule has 2 aliphatic rings. The number of pyridine rings is 1. The largest absolute Gasteiger partial charge is 0.366 e. The summed E-state index contributed by atoms with van der Waals surface area (Å²) in [6.45, 7) is 2.04. The number of amides is 1. The van der Waals surface area contributed by atoms with E-state index in [2.05, 4.69) is 16.6 Å². The van der Waals surface area contributed by atoms with Crippen LogP contribution in [0.15, 0.2) is 58.5 Å². The van der Waals surface area contributed by atoms with Crippen molar-refractivity contribution in [3.63, 3.8) is 0 Å². The lowest BCUT2D eigenvalue weighted by Gasteiger charge is -2.18. The van der Waals surface area contributed by atoms with Gasteiger partial charge in [0.05, 0.1) is 5.71 Å². The third-order valence-electron chi connectivity index (χ3n) is 3.75. The van der Waals surface area contributed by atoms with Gasteiger partial charge in [-0.3, -0.25) is 10.2 Å². The molecule has 0 saturated heterocycles. The first-order valence-electron chi connectivity index (χ1n) is 6.76. The molecule has 1 aromatic heterocycles. The molecule has 5 nitrogen and oxygen atoms in total. The maximum Gasteiger partial charge on any atom is 0.248 e. The minimum Gasteiger partial charge on any atom is -0.366 e. The van der Waals surface area contributed by atoms with E-state index in [1.165, 1.54) is 0 Å². The molecule has 0 fully saturated rings. The Kier molecular flexibility index (Phi) is 3.17. The normalized spacial score (nSPS) is 16.9. The number of carbonyl (C=O) groups is 1. The van der Waals surface area contributed by atoms with Crippen LogP contribution in [0.5, 0.6) is 0 Å². The van der Waals surface area contributed by atoms with Gasteiger partial charge < -0.3 is 5.73 Å². The number of allylic oxidation sites excluding steroid dienone is 3. The van der Waals surface area contributed by atoms with E-state index in [1.807, 2.05) is 43.0 Å². The second-order valence-electron chi connectivity index (χ2n) is 5.26. The molecule has 0 saturated carbocycles. The van der Waals surface area contributed by atoms with Crippen LogP contribution in [0.3, 0.4) is 0 Å². The van der Waals surface area contributed by atoms with Crippen molar-refractivity contribution < 1.29 is 9.36 Å². The van der Waals surface area contributed by atoms with E-state index in [-0.39, 0.29) is 0 Å². The van der Waals surface area contributed by atoms with Crippen molar-refractivity contribution in [2.75, 3.05) is 0 Å². The van der Waals surface area contributed by atoms with Crippen molar-refractivity contribution in [1.29, 1.82) is 0 Å². The molecule has 1 aromatic rings. The fraction of sp³-hybridized carbons (Fsp3) is 0.188. The molecular formula is C16H17N4O+. The summed E-state index contributed by atoms with van der Waals surface area (Å²) in [6.07, 6.45) is 8.12. The van der Waals surface area contributed by atoms with E-state index in [4.69, 9.17) is 5.73 Å². The van der Waals surface area contributed by atoms with Gasteiger partial charge in [-0.05, 0) is 23.8 Å². The van der Waals surface area contributed by atoms with Crippen LogP contribution in [0.1, 0.15) is 17.7 Å². The lowest BCUT2D eigenvalue weighted by Crippen LogP contribution is -2.32. The summed E-state index contributed by atoms with van der Waals surface area (Å²) in [6, 6.07) is 4.09. The Morgan fingerprint density at radius 3 is 2.95 bits per heavy atom. The number of nitrogens with two attached hydrogens (primary N) is 1. The summed E-state index contributed by atoms with van der Waals surface area (Å²) in [5, 5.41) is 4.44. The summed E-state index contributed by atoms with van der Waals surface area (Å²) < 4.78 is 2.04. The number of primary amides is 1. The fourth-order valence-electron chi connectivity index (χ4n) is 2.40. The summed E-state index contributed by atoms with van der Waals surface area (Å²) >= 11 is 0. The third-order valence-corrected chi connectivity index (χ3v) is 3.75. The first kappa shape index (κ1) is 13.3. The Balaban J connectivity index is 2.08. The smallest absolute Gasteiger partial charge is 0.248 e. The molecule has 5 heteroatoms. The van der Waals surface area contributed by atoms with Crippen molar-refractivity contribution in [2.24, 2.45) is 17.9 Å². The molecule has 1 amide bonds. The standard InChI is InChI=1S/C16H16N4O/c1-10-7-11(5-6-20(10)2)15-13-8-12(16(17)21)3-4-14(9-13)18-19-15/h3-8H,9H2,1-2H3,(H2,17,21)/p+1. The van der Waals surface area contributed by atoms with E-state index in [0.717, 1.165) is 28.2 Å². The van der Waals surface area contributed by atoms with Gasteiger partial charge in [-0.1, -0.05) is 0 Å². The third kappa shape index (κ3) is 2.50. The summed E-state index contributed by atoms with van der Waals surface area (Å²) in [4.78, 5) is 11.5. The molecule has 0 spiro atoms. The molecule has 0 radical (unpaired) electrons. The number of rotatable bonds is 2. The van der Waals surface area contributed by atoms with Crippen molar-refractivity contribution in [2.45, 2.75) is 13.3 Å². The van der Waals surface area contributed by atoms with E-state index in [9.17, 15) is 4.79 Å². The molecule has 3 rings (SSSR count). The lowest BCUT2D eigenvalue weighted by atomic mass is 9.96. The molecule has 1 aliphatic heterocycles. The van der Waals surface area contributed by atoms with E-state index >= 15 is 0 Å². The number of hydrogen-bond donors (Lipinski definition) is 2. The van der Waals surface area contributed by atoms with Gasteiger partial charge in [0.15, 0.2) is 11.9 Å². The van der Waals surface area contributed by atoms with Gasteiger partial charge in [0.1, 0.15) is 7.05 Å². The van der Waals surface area contributed by atoms with Crippen LogP contribution >= 0.6 is 0 Å². The monoisotopic (exact) mass is 281 g/mol. The molecule has 1 aliphatic carbocycles. The summed E-state index contributed by atoms with van der Waals surface area (Å²) in [7, 11) is 2.00. The molecule has 0 atom stereocenters. The molecule has 21 heavy (non-hydrogen) atoms. The number of hydrazone groups is 1. The van der Waals surface area contributed by atoms with Crippen molar-refractivity contribution in [3.05, 3.63) is 64.7 Å². The van der Waals surface area contributed by atoms with Crippen LogP contribution in [-0.2, 0) is 11.8 Å². The summed E-state index contributed by atoms with van der Waals surface area (Å²) in [5.74, 6) is -0.429. The van der Waals surface area contributed by atoms with E-state index in [0.29, 0.717) is 12.0 Å². The van der Waals surface area contributed by atoms with Gasteiger partial charge in [0.2, 0.25) is 5.91 Å². The molecule has 2 heterocycles. The van der Waals surface area contributed by atoms with E-state index in [1.54, 1.807) is 6.08 Å². The number of fused-ring (bicyclic) bond motifs is 2. The Hall–Kier alpha value is -2.69. The average Bonchev–Trinajstić information content (AvgIpc) is 2.62. The SMILES string of the molecule is Cc1cc(C2=NNC3=CC=C(C(N)=O)C=C2C3)cc[n+]1C. The van der Waals surface area contributed by atoms with Crippen LogP contribution in [0.2, 0.25) is 0 Å². The van der Waals surface area contributed by atoms with Crippen LogP contribution in [0.25, 0.3) is 0 Å². The maximum absolute atomic E-state index is 11.5. The second kappa shape index (κ2) is 5.01. The molecule has 3 N–H and O–H groups in total. The van der Waals surface area contributed by atoms with Gasteiger partial charge in [-0.15, -0.1) is 0 Å². The Bertz CT molecular complexity index is 754. The number of carbonyl (C=O) groups excluding carboxylic acids is 1. The molecular weight excluding hydrogens is 264 g/mol. The minimum atomic E-state index is -0.429. The zero-order chi connectivity index (χ0) is 15.0. The Morgan fingerprint density at radius 1 is 1.43 bits per heavy atom. The van der Waals surface area contributed by atoms with Gasteiger partial charge in [-0.2, -0.15) is 5.10 Å². The van der Waals surface area contributed by atoms with Crippen molar-refractivity contribution in [3.8, 4) is 0 Å². The van der Waals surface area contributed by atoms with Crippen LogP contribution in [0.4, 0.5) is 0 Å². The van der Waals surface area contributed by atoms with Crippen molar-refractivity contribution >= 4 is 11.6 Å². The predicted molar refractivity (Wildman–Crippen MR) is 80.1 cm³/mol. The highest BCUT2D eigenvalue weighted by Crippen LogP contribution is 2.24. The van der Waals surface area contributed by atoms with Gasteiger partial charge >= 0.3 is 0 Å². The number of nitrogens with one attached hydrogen (secondary N) is 1. The van der Waals surface area contributed by atoms with Crippen molar-refractivity contribution in [1.82, 2.24) is 5.43 Å². The average molecular weight is 281 g/mol. The highest BCUT2D eigenvalue weighted by atomic mass is 16.1. The lowest BCUT2D eigenvalue weighted by molar-refractivity contribution is -0.677. The number of nitrogens with zero attached hydrogens (tertiary/aromatic N) is 2. The first-order valence-corrected chi connectivity index (χ1v) is 6.76. The maximum atomic E-state index is 11.5. The van der Waals surface area contributed by atoms with Gasteiger partial charge in [0.25, 0.3) is 0 Å². The first-order chi connectivity index (χ1) is 10.0. The molecule has 0 aromatic carbocycles. The zero-order valence-electron chi connectivity index (χ0n) is 12.1. The second-order valence-corrected chi connectivity index (χ2v) is 5.26. The van der Waals surface area contributed by atoms with Crippen LogP contribution in [0, 0.1) is 6.92 Å². The number of aryl methyl sites for hydroxylation is 2. The number of aromatic nitrogens is 1. The zero-order valence-corrected chi connectivity index (χ0v) is 12.1. The highest BCUT2D eigenvalue weighted by Gasteiger charge is 2.21. The highest BCUT2D eigenvalue weighted by molar-refractivity contribution is 6.14. The number of hydrogen-bond acceptors (Lipinski definition) is 3. The summed E-state index contributed by atoms with van der Waals surface area (Å²) in [5.41, 5.74) is 13.9. The van der Waals surface area contributed by atoms with Gasteiger partial charge in [0, 0.05) is 42.3 Å². The predicted octanol–water partition coefficient (Wildman–Crippen LogP) is 0.753.